The van der Waals surface area contributed by atoms with Crippen molar-refractivity contribution in [2.24, 2.45) is 11.8 Å². The van der Waals surface area contributed by atoms with Gasteiger partial charge in [-0.05, 0) is 36.3 Å². The molecular formula is C17H25ClN2O2. The lowest BCUT2D eigenvalue weighted by atomic mass is 9.95. The van der Waals surface area contributed by atoms with E-state index in [4.69, 9.17) is 11.6 Å². The second kappa shape index (κ2) is 7.84. The third-order valence-electron chi connectivity index (χ3n) is 4.25. The minimum atomic E-state index is -0.115. The van der Waals surface area contributed by atoms with Crippen LogP contribution in [-0.4, -0.2) is 35.7 Å². The fourth-order valence-electron chi connectivity index (χ4n) is 2.95. The van der Waals surface area contributed by atoms with E-state index in [1.54, 1.807) is 4.90 Å². The number of nitrogens with zero attached hydrogens (tertiary/aromatic N) is 1. The van der Waals surface area contributed by atoms with Crippen LogP contribution < -0.4 is 5.32 Å². The number of hydrogen-bond donors (Lipinski definition) is 2. The molecule has 22 heavy (non-hydrogen) atoms. The van der Waals surface area contributed by atoms with Crippen LogP contribution in [0.15, 0.2) is 24.3 Å². The number of piperidine rings is 1. The minimum absolute atomic E-state index is 0.0724. The highest BCUT2D eigenvalue weighted by Gasteiger charge is 2.27. The zero-order valence-corrected chi connectivity index (χ0v) is 14.0. The summed E-state index contributed by atoms with van der Waals surface area (Å²) < 4.78 is 0. The summed E-state index contributed by atoms with van der Waals surface area (Å²) in [5.41, 5.74) is 0.947. The maximum absolute atomic E-state index is 12.5. The van der Waals surface area contributed by atoms with Gasteiger partial charge in [0.05, 0.1) is 6.04 Å². The Bertz CT molecular complexity index is 507. The van der Waals surface area contributed by atoms with Gasteiger partial charge in [-0.3, -0.25) is 0 Å². The lowest BCUT2D eigenvalue weighted by molar-refractivity contribution is 0.126. The van der Waals surface area contributed by atoms with Crippen molar-refractivity contribution in [3.63, 3.8) is 0 Å². The molecule has 0 radical (unpaired) electrons. The molecule has 0 aromatic heterocycles. The van der Waals surface area contributed by atoms with E-state index in [0.717, 1.165) is 24.9 Å². The molecule has 1 aromatic carbocycles. The average molecular weight is 325 g/mol. The summed E-state index contributed by atoms with van der Waals surface area (Å²) in [6.07, 6.45) is 1.93. The second-order valence-corrected chi connectivity index (χ2v) is 6.74. The van der Waals surface area contributed by atoms with Crippen LogP contribution >= 0.6 is 11.6 Å². The molecule has 1 heterocycles. The van der Waals surface area contributed by atoms with Gasteiger partial charge >= 0.3 is 6.03 Å². The van der Waals surface area contributed by atoms with Crippen molar-refractivity contribution in [1.29, 1.82) is 0 Å². The van der Waals surface area contributed by atoms with E-state index < -0.39 is 0 Å². The first-order valence-corrected chi connectivity index (χ1v) is 8.31. The number of carbonyl (C=O) groups is 1. The third kappa shape index (κ3) is 4.14. The first kappa shape index (κ1) is 17.1. The molecule has 1 saturated heterocycles. The summed E-state index contributed by atoms with van der Waals surface area (Å²) in [4.78, 5) is 14.4. The zero-order chi connectivity index (χ0) is 16.1. The molecule has 1 fully saturated rings. The quantitative estimate of drug-likeness (QED) is 0.891. The van der Waals surface area contributed by atoms with Crippen molar-refractivity contribution >= 4 is 17.6 Å². The van der Waals surface area contributed by atoms with E-state index in [0.29, 0.717) is 11.6 Å². The monoisotopic (exact) mass is 324 g/mol. The number of benzene rings is 1. The van der Waals surface area contributed by atoms with Crippen LogP contribution in [0.4, 0.5) is 4.79 Å². The van der Waals surface area contributed by atoms with Crippen LogP contribution in [0, 0.1) is 11.8 Å². The predicted molar refractivity (Wildman–Crippen MR) is 88.9 cm³/mol. The van der Waals surface area contributed by atoms with Gasteiger partial charge in [0.1, 0.15) is 0 Å². The fourth-order valence-corrected chi connectivity index (χ4v) is 3.21. The van der Waals surface area contributed by atoms with Gasteiger partial charge in [-0.25, -0.2) is 4.79 Å². The van der Waals surface area contributed by atoms with Crippen LogP contribution in [0.5, 0.6) is 0 Å². The van der Waals surface area contributed by atoms with Crippen molar-refractivity contribution in [2.45, 2.75) is 32.7 Å². The lowest BCUT2D eigenvalue weighted by Crippen LogP contribution is -2.47. The van der Waals surface area contributed by atoms with E-state index in [1.165, 1.54) is 0 Å². The number of rotatable bonds is 4. The summed E-state index contributed by atoms with van der Waals surface area (Å²) >= 11 is 6.28. The van der Waals surface area contributed by atoms with Gasteiger partial charge in [-0.1, -0.05) is 43.6 Å². The van der Waals surface area contributed by atoms with E-state index in [-0.39, 0.29) is 30.5 Å². The number of hydrogen-bond acceptors (Lipinski definition) is 2. The molecule has 0 spiro atoms. The van der Waals surface area contributed by atoms with Gasteiger partial charge in [-0.2, -0.15) is 0 Å². The molecule has 122 valence electrons. The molecule has 1 aromatic rings. The van der Waals surface area contributed by atoms with Crippen LogP contribution in [0.2, 0.25) is 5.02 Å². The predicted octanol–water partition coefficient (Wildman–Crippen LogP) is 3.45. The number of aliphatic hydroxyl groups excluding tert-OH is 1. The Hall–Kier alpha value is -1.26. The normalized spacial score (nSPS) is 20.0. The van der Waals surface area contributed by atoms with Crippen molar-refractivity contribution in [3.05, 3.63) is 34.9 Å². The molecule has 2 amide bonds. The summed E-state index contributed by atoms with van der Waals surface area (Å²) in [5, 5.41) is 13.1. The Morgan fingerprint density at radius 3 is 2.82 bits per heavy atom. The third-order valence-corrected chi connectivity index (χ3v) is 4.59. The summed E-state index contributed by atoms with van der Waals surface area (Å²) in [7, 11) is 0. The highest BCUT2D eigenvalue weighted by Crippen LogP contribution is 2.28. The Morgan fingerprint density at radius 1 is 1.45 bits per heavy atom. The average Bonchev–Trinajstić information content (AvgIpc) is 2.53. The van der Waals surface area contributed by atoms with Crippen LogP contribution in [0.1, 0.15) is 38.3 Å². The molecule has 0 saturated carbocycles. The molecule has 2 rings (SSSR count). The fraction of sp³-hybridized carbons (Fsp3) is 0.588. The Balaban J connectivity index is 2.08. The van der Waals surface area contributed by atoms with Crippen LogP contribution in [-0.2, 0) is 0 Å². The van der Waals surface area contributed by atoms with Gasteiger partial charge in [0.25, 0.3) is 0 Å². The van der Waals surface area contributed by atoms with E-state index in [2.05, 4.69) is 19.2 Å². The summed E-state index contributed by atoms with van der Waals surface area (Å²) in [5.74, 6) is 0.430. The highest BCUT2D eigenvalue weighted by molar-refractivity contribution is 6.31. The van der Waals surface area contributed by atoms with Gasteiger partial charge < -0.3 is 15.3 Å². The molecule has 4 nitrogen and oxygen atoms in total. The van der Waals surface area contributed by atoms with Gasteiger partial charge in [0, 0.05) is 24.7 Å². The summed E-state index contributed by atoms with van der Waals surface area (Å²) in [6.45, 7) is 5.65. The molecule has 0 bridgehead atoms. The van der Waals surface area contributed by atoms with Crippen molar-refractivity contribution in [2.75, 3.05) is 19.7 Å². The molecule has 0 aliphatic carbocycles. The molecular weight excluding hydrogens is 300 g/mol. The van der Waals surface area contributed by atoms with Crippen LogP contribution in [0.3, 0.4) is 0 Å². The van der Waals surface area contributed by atoms with E-state index >= 15 is 0 Å². The SMILES string of the molecule is CC(C)C(NC(=O)N1CCCC(CO)C1)c1ccccc1Cl. The Morgan fingerprint density at radius 2 is 2.18 bits per heavy atom. The highest BCUT2D eigenvalue weighted by atomic mass is 35.5. The number of aliphatic hydroxyl groups is 1. The Labute approximate surface area is 137 Å². The number of carbonyl (C=O) groups excluding carboxylic acids is 1. The van der Waals surface area contributed by atoms with Crippen molar-refractivity contribution in [1.82, 2.24) is 10.2 Å². The lowest BCUT2D eigenvalue weighted by Gasteiger charge is -2.34. The number of nitrogens with one attached hydrogen (secondary N) is 1. The molecule has 1 aliphatic heterocycles. The van der Waals surface area contributed by atoms with Crippen LogP contribution in [0.25, 0.3) is 0 Å². The topological polar surface area (TPSA) is 52.6 Å². The largest absolute Gasteiger partial charge is 0.396 e. The summed E-state index contributed by atoms with van der Waals surface area (Å²) in [6, 6.07) is 7.45. The first-order chi connectivity index (χ1) is 10.5. The molecule has 2 N–H and O–H groups in total. The molecule has 2 atom stereocenters. The number of urea groups is 1. The van der Waals surface area contributed by atoms with E-state index in [9.17, 15) is 9.90 Å². The van der Waals surface area contributed by atoms with Crippen molar-refractivity contribution in [3.8, 4) is 0 Å². The molecule has 1 aliphatic rings. The minimum Gasteiger partial charge on any atom is -0.396 e. The standard InChI is InChI=1S/C17H25ClN2O2/c1-12(2)16(14-7-3-4-8-15(14)18)19-17(22)20-9-5-6-13(10-20)11-21/h3-4,7-8,12-13,16,21H,5-6,9-11H2,1-2H3,(H,19,22). The number of halogens is 1. The Kier molecular flexibility index (Phi) is 6.09. The zero-order valence-electron chi connectivity index (χ0n) is 13.3. The first-order valence-electron chi connectivity index (χ1n) is 7.93. The van der Waals surface area contributed by atoms with Crippen molar-refractivity contribution < 1.29 is 9.90 Å². The van der Waals surface area contributed by atoms with Gasteiger partial charge in [-0.15, -0.1) is 0 Å². The maximum Gasteiger partial charge on any atom is 0.317 e. The van der Waals surface area contributed by atoms with Gasteiger partial charge in [0.15, 0.2) is 0 Å². The van der Waals surface area contributed by atoms with E-state index in [1.807, 2.05) is 24.3 Å². The maximum atomic E-state index is 12.5. The second-order valence-electron chi connectivity index (χ2n) is 6.33. The molecule has 2 unspecified atom stereocenters. The van der Waals surface area contributed by atoms with Gasteiger partial charge in [0.2, 0.25) is 0 Å². The number of likely N-dealkylation sites (tertiary alicyclic amines) is 1. The number of amides is 2. The smallest absolute Gasteiger partial charge is 0.317 e. The molecule has 5 heteroatoms.